The first-order valence-corrected chi connectivity index (χ1v) is 27.7. The number of carbonyl (C=O) groups excluding carboxylic acids is 3. The Balaban J connectivity index is 4.30. The van der Waals surface area contributed by atoms with Crippen LogP contribution in [0, 0.1) is 17.8 Å². The summed E-state index contributed by atoms with van der Waals surface area (Å²) in [6.07, 6.45) is 47.9. The minimum atomic E-state index is -0.763. The number of ether oxygens (including phenoxy) is 3. The Morgan fingerprint density at radius 2 is 0.565 bits per heavy atom. The van der Waals surface area contributed by atoms with E-state index in [1.807, 2.05) is 0 Å². The molecule has 0 aliphatic heterocycles. The molecule has 0 spiro atoms. The van der Waals surface area contributed by atoms with E-state index in [0.717, 1.165) is 75.5 Å². The van der Waals surface area contributed by atoms with Gasteiger partial charge in [-0.1, -0.05) is 266 Å². The molecular weight excluding hydrogens is 769 g/mol. The Hall–Kier alpha value is -1.59. The van der Waals surface area contributed by atoms with Crippen molar-refractivity contribution in [2.24, 2.45) is 17.8 Å². The van der Waals surface area contributed by atoms with Crippen LogP contribution in [0.4, 0.5) is 0 Å². The largest absolute Gasteiger partial charge is 0.462 e. The van der Waals surface area contributed by atoms with Crippen LogP contribution in [0.5, 0.6) is 0 Å². The van der Waals surface area contributed by atoms with E-state index in [-0.39, 0.29) is 31.1 Å². The minimum absolute atomic E-state index is 0.0643. The second kappa shape index (κ2) is 47.4. The second-order valence-electron chi connectivity index (χ2n) is 20.2. The van der Waals surface area contributed by atoms with E-state index in [2.05, 4.69) is 41.5 Å². The van der Waals surface area contributed by atoms with Gasteiger partial charge in [-0.05, 0) is 37.0 Å². The molecule has 368 valence electrons. The second-order valence-corrected chi connectivity index (χ2v) is 20.2. The maximum atomic E-state index is 12.8. The Kier molecular flexibility index (Phi) is 46.2. The van der Waals surface area contributed by atoms with Crippen LogP contribution in [-0.4, -0.2) is 37.2 Å². The molecule has 0 rings (SSSR count). The van der Waals surface area contributed by atoms with Gasteiger partial charge in [0.25, 0.3) is 0 Å². The first kappa shape index (κ1) is 60.4. The average Bonchev–Trinajstić information content (AvgIpc) is 3.26. The fourth-order valence-electron chi connectivity index (χ4n) is 8.40. The van der Waals surface area contributed by atoms with Crippen molar-refractivity contribution in [3.63, 3.8) is 0 Å². The summed E-state index contributed by atoms with van der Waals surface area (Å²) >= 11 is 0. The average molecular weight is 877 g/mol. The van der Waals surface area contributed by atoms with E-state index in [4.69, 9.17) is 14.2 Å². The van der Waals surface area contributed by atoms with Gasteiger partial charge in [0.1, 0.15) is 13.2 Å². The van der Waals surface area contributed by atoms with Crippen LogP contribution in [0.3, 0.4) is 0 Å². The zero-order chi connectivity index (χ0) is 45.6. The van der Waals surface area contributed by atoms with E-state index in [1.165, 1.54) is 186 Å². The third-order valence-electron chi connectivity index (χ3n) is 13.4. The Morgan fingerprint density at radius 3 is 0.839 bits per heavy atom. The van der Waals surface area contributed by atoms with Crippen molar-refractivity contribution in [2.75, 3.05) is 13.2 Å². The highest BCUT2D eigenvalue weighted by Gasteiger charge is 2.19. The number of carbonyl (C=O) groups is 3. The van der Waals surface area contributed by atoms with Crippen LogP contribution >= 0.6 is 0 Å². The molecule has 0 aromatic carbocycles. The summed E-state index contributed by atoms with van der Waals surface area (Å²) < 4.78 is 16.9. The molecule has 6 heteroatoms. The van der Waals surface area contributed by atoms with Gasteiger partial charge < -0.3 is 14.2 Å². The number of hydrogen-bond donors (Lipinski definition) is 0. The van der Waals surface area contributed by atoms with Crippen molar-refractivity contribution in [1.29, 1.82) is 0 Å². The Labute approximate surface area is 387 Å². The molecule has 0 bridgehead atoms. The maximum Gasteiger partial charge on any atom is 0.306 e. The van der Waals surface area contributed by atoms with Crippen LogP contribution in [0.25, 0.3) is 0 Å². The molecule has 0 amide bonds. The van der Waals surface area contributed by atoms with Crippen molar-refractivity contribution in [1.82, 2.24) is 0 Å². The standard InChI is InChI=1S/C56H108O6/c1-7-51(5)43-37-31-25-19-15-11-9-10-12-16-20-27-33-39-45-54(57)60-48-53(49-61-55(58)46-40-34-28-23-22-26-32-38-44-52(6)8-2)62-56(59)47-41-35-29-21-17-13-14-18-24-30-36-42-50(3)4/h50-53H,7-49H2,1-6H3/t51?,52?,53-/m0/s1. The first-order chi connectivity index (χ1) is 30.2. The van der Waals surface area contributed by atoms with Gasteiger partial charge in [-0.2, -0.15) is 0 Å². The molecule has 0 fully saturated rings. The SMILES string of the molecule is CCC(C)CCCCCCCCCCCCCCCCC(=O)OC[C@@H](COC(=O)CCCCCCCCCCC(C)CC)OC(=O)CCCCCCCCCCCCCC(C)C. The zero-order valence-corrected chi connectivity index (χ0v) is 42.7. The number of rotatable bonds is 49. The van der Waals surface area contributed by atoms with Gasteiger partial charge in [0.05, 0.1) is 0 Å². The summed E-state index contributed by atoms with van der Waals surface area (Å²) in [5.41, 5.74) is 0. The van der Waals surface area contributed by atoms with Gasteiger partial charge in [0, 0.05) is 19.3 Å². The fourth-order valence-corrected chi connectivity index (χ4v) is 8.40. The summed E-state index contributed by atoms with van der Waals surface area (Å²) in [5.74, 6) is 1.72. The molecule has 0 aliphatic carbocycles. The van der Waals surface area contributed by atoms with Crippen molar-refractivity contribution in [3.8, 4) is 0 Å². The topological polar surface area (TPSA) is 78.9 Å². The normalized spacial score (nSPS) is 13.0. The molecule has 0 aliphatic rings. The van der Waals surface area contributed by atoms with Crippen molar-refractivity contribution in [2.45, 2.75) is 311 Å². The van der Waals surface area contributed by atoms with E-state index in [0.29, 0.717) is 19.3 Å². The lowest BCUT2D eigenvalue weighted by Gasteiger charge is -2.18. The van der Waals surface area contributed by atoms with Crippen LogP contribution in [0.2, 0.25) is 0 Å². The zero-order valence-electron chi connectivity index (χ0n) is 42.7. The highest BCUT2D eigenvalue weighted by atomic mass is 16.6. The lowest BCUT2D eigenvalue weighted by atomic mass is 9.99. The first-order valence-electron chi connectivity index (χ1n) is 27.7. The van der Waals surface area contributed by atoms with Crippen LogP contribution in [0.15, 0.2) is 0 Å². The fraction of sp³-hybridized carbons (Fsp3) is 0.946. The molecular formula is C56H108O6. The van der Waals surface area contributed by atoms with E-state index < -0.39 is 6.10 Å². The molecule has 6 nitrogen and oxygen atoms in total. The highest BCUT2D eigenvalue weighted by Crippen LogP contribution is 2.19. The number of unbranched alkanes of at least 4 members (excludes halogenated alkanes) is 30. The van der Waals surface area contributed by atoms with Crippen LogP contribution in [-0.2, 0) is 28.6 Å². The molecule has 0 aromatic rings. The summed E-state index contributed by atoms with van der Waals surface area (Å²) in [7, 11) is 0. The lowest BCUT2D eigenvalue weighted by molar-refractivity contribution is -0.167. The summed E-state index contributed by atoms with van der Waals surface area (Å²) in [6.45, 7) is 13.8. The monoisotopic (exact) mass is 877 g/mol. The van der Waals surface area contributed by atoms with Gasteiger partial charge in [-0.25, -0.2) is 0 Å². The summed E-state index contributed by atoms with van der Waals surface area (Å²) in [5, 5.41) is 0. The smallest absolute Gasteiger partial charge is 0.306 e. The minimum Gasteiger partial charge on any atom is -0.462 e. The van der Waals surface area contributed by atoms with E-state index >= 15 is 0 Å². The number of esters is 3. The predicted molar refractivity (Wildman–Crippen MR) is 266 cm³/mol. The van der Waals surface area contributed by atoms with Gasteiger partial charge >= 0.3 is 17.9 Å². The molecule has 0 heterocycles. The molecule has 0 N–H and O–H groups in total. The molecule has 0 saturated carbocycles. The summed E-state index contributed by atoms with van der Waals surface area (Å²) in [6, 6.07) is 0. The molecule has 3 atom stereocenters. The predicted octanol–water partition coefficient (Wildman–Crippen LogP) is 17.9. The lowest BCUT2D eigenvalue weighted by Crippen LogP contribution is -2.30. The van der Waals surface area contributed by atoms with E-state index in [1.54, 1.807) is 0 Å². The molecule has 62 heavy (non-hydrogen) atoms. The van der Waals surface area contributed by atoms with Crippen molar-refractivity contribution in [3.05, 3.63) is 0 Å². The van der Waals surface area contributed by atoms with E-state index in [9.17, 15) is 14.4 Å². The van der Waals surface area contributed by atoms with Crippen molar-refractivity contribution >= 4 is 17.9 Å². The highest BCUT2D eigenvalue weighted by molar-refractivity contribution is 5.71. The molecule has 2 unspecified atom stereocenters. The summed E-state index contributed by atoms with van der Waals surface area (Å²) in [4.78, 5) is 38.0. The molecule has 0 saturated heterocycles. The molecule has 0 radical (unpaired) electrons. The molecule has 0 aromatic heterocycles. The number of hydrogen-bond acceptors (Lipinski definition) is 6. The van der Waals surface area contributed by atoms with Crippen LogP contribution < -0.4 is 0 Å². The van der Waals surface area contributed by atoms with Crippen LogP contribution in [0.1, 0.15) is 305 Å². The Morgan fingerprint density at radius 1 is 0.323 bits per heavy atom. The third-order valence-corrected chi connectivity index (χ3v) is 13.4. The van der Waals surface area contributed by atoms with Crippen molar-refractivity contribution < 1.29 is 28.6 Å². The maximum absolute atomic E-state index is 12.8. The third kappa shape index (κ3) is 46.4. The Bertz CT molecular complexity index is 964. The van der Waals surface area contributed by atoms with Gasteiger partial charge in [0.15, 0.2) is 6.10 Å². The van der Waals surface area contributed by atoms with Gasteiger partial charge in [0.2, 0.25) is 0 Å². The van der Waals surface area contributed by atoms with Gasteiger partial charge in [-0.3, -0.25) is 14.4 Å². The van der Waals surface area contributed by atoms with Gasteiger partial charge in [-0.15, -0.1) is 0 Å². The quantitative estimate of drug-likeness (QED) is 0.0344.